The molecule has 2 aliphatic rings. The molecule has 2 aromatic carbocycles. The van der Waals surface area contributed by atoms with Gasteiger partial charge in [-0.05, 0) is 68.6 Å². The van der Waals surface area contributed by atoms with Gasteiger partial charge in [0, 0.05) is 36.1 Å². The molecule has 0 bridgehead atoms. The van der Waals surface area contributed by atoms with E-state index in [4.69, 9.17) is 10.7 Å². The molecule has 1 aromatic heterocycles. The third kappa shape index (κ3) is 6.37. The highest BCUT2D eigenvalue weighted by Gasteiger charge is 2.49. The minimum atomic E-state index is -0.707. The number of nitrogens with zero attached hydrogens (tertiary/aromatic N) is 1. The van der Waals surface area contributed by atoms with Gasteiger partial charge in [0.1, 0.15) is 0 Å². The van der Waals surface area contributed by atoms with E-state index >= 15 is 0 Å². The average molecular weight is 527 g/mol. The molecule has 0 spiro atoms. The monoisotopic (exact) mass is 526 g/mol. The van der Waals surface area contributed by atoms with Crippen molar-refractivity contribution in [3.8, 4) is 22.4 Å². The summed E-state index contributed by atoms with van der Waals surface area (Å²) in [7, 11) is 0. The third-order valence-electron chi connectivity index (χ3n) is 8.11. The Morgan fingerprint density at radius 3 is 2.28 bits per heavy atom. The zero-order valence-electron chi connectivity index (χ0n) is 22.7. The molecule has 2 aliphatic carbocycles. The van der Waals surface area contributed by atoms with Gasteiger partial charge in [-0.2, -0.15) is 0 Å². The van der Waals surface area contributed by atoms with Crippen LogP contribution in [0.2, 0.25) is 0 Å². The van der Waals surface area contributed by atoms with E-state index in [9.17, 15) is 14.7 Å². The number of carbonyl (C=O) groups excluding carboxylic acids is 2. The van der Waals surface area contributed by atoms with Crippen LogP contribution in [0.5, 0.6) is 0 Å². The van der Waals surface area contributed by atoms with E-state index in [0.29, 0.717) is 30.9 Å². The minimum Gasteiger partial charge on any atom is -0.390 e. The number of aromatic nitrogens is 1. The van der Waals surface area contributed by atoms with E-state index in [1.807, 2.05) is 67.6 Å². The van der Waals surface area contributed by atoms with Crippen molar-refractivity contribution in [1.29, 1.82) is 0 Å². The Kier molecular flexibility index (Phi) is 7.56. The Hall–Kier alpha value is -3.55. The highest BCUT2D eigenvalue weighted by molar-refractivity contribution is 5.93. The maximum absolute atomic E-state index is 12.9. The van der Waals surface area contributed by atoms with Gasteiger partial charge in [-0.25, -0.2) is 0 Å². The second-order valence-electron chi connectivity index (χ2n) is 11.7. The van der Waals surface area contributed by atoms with Crippen LogP contribution in [0.3, 0.4) is 0 Å². The van der Waals surface area contributed by atoms with Crippen molar-refractivity contribution in [2.24, 2.45) is 11.7 Å². The maximum atomic E-state index is 12.9. The number of nitrogens with two attached hydrogens (primary N) is 1. The topological polar surface area (TPSA) is 117 Å². The van der Waals surface area contributed by atoms with Crippen molar-refractivity contribution in [2.45, 2.75) is 76.0 Å². The molecular weight excluding hydrogens is 488 g/mol. The Labute approximate surface area is 230 Å². The lowest BCUT2D eigenvalue weighted by molar-refractivity contribution is -0.120. The Morgan fingerprint density at radius 2 is 1.67 bits per heavy atom. The first-order valence-electron chi connectivity index (χ1n) is 13.8. The number of pyridine rings is 1. The standard InChI is InChI=1S/C32H38N4O3/c1-21(37)35-26-14-8-22(9-15-26)16-29(38)36-27-17-28(23-6-4-3-5-7-23)30(34-18-27)24-10-12-25(13-11-24)32(33)19-31(2,39)20-32/h3-7,10-13,17-18,22,26,39H,8-9,14-16,19-20,33H2,1-2H3,(H,35,37)(H,36,38)/t22-,26-,31-,32-. The van der Waals surface area contributed by atoms with E-state index < -0.39 is 11.1 Å². The number of aliphatic hydroxyl groups is 1. The lowest BCUT2D eigenvalue weighted by atomic mass is 9.63. The van der Waals surface area contributed by atoms with Crippen molar-refractivity contribution < 1.29 is 14.7 Å². The first-order chi connectivity index (χ1) is 18.6. The quantitative estimate of drug-likeness (QED) is 0.340. The summed E-state index contributed by atoms with van der Waals surface area (Å²) in [5.41, 5.74) is 10.7. The first kappa shape index (κ1) is 27.0. The van der Waals surface area contributed by atoms with Crippen molar-refractivity contribution in [3.63, 3.8) is 0 Å². The molecule has 2 fully saturated rings. The number of rotatable bonds is 7. The largest absolute Gasteiger partial charge is 0.390 e. The summed E-state index contributed by atoms with van der Waals surface area (Å²) in [4.78, 5) is 29.0. The molecule has 1 heterocycles. The van der Waals surface area contributed by atoms with Gasteiger partial charge >= 0.3 is 0 Å². The van der Waals surface area contributed by atoms with Gasteiger partial charge in [0.2, 0.25) is 11.8 Å². The van der Waals surface area contributed by atoms with E-state index in [1.54, 1.807) is 13.1 Å². The zero-order valence-corrected chi connectivity index (χ0v) is 22.7. The van der Waals surface area contributed by atoms with Gasteiger partial charge < -0.3 is 21.5 Å². The van der Waals surface area contributed by atoms with Gasteiger partial charge in [-0.3, -0.25) is 14.6 Å². The van der Waals surface area contributed by atoms with Crippen LogP contribution in [-0.4, -0.2) is 33.5 Å². The van der Waals surface area contributed by atoms with Gasteiger partial charge in [-0.1, -0.05) is 54.6 Å². The van der Waals surface area contributed by atoms with E-state index in [1.165, 1.54) is 0 Å². The van der Waals surface area contributed by atoms with Gasteiger partial charge in [0.15, 0.2) is 0 Å². The molecule has 3 aromatic rings. The van der Waals surface area contributed by atoms with Crippen LogP contribution in [0.1, 0.15) is 64.4 Å². The van der Waals surface area contributed by atoms with Crippen molar-refractivity contribution in [1.82, 2.24) is 10.3 Å². The zero-order chi connectivity index (χ0) is 27.6. The average Bonchev–Trinajstić information content (AvgIpc) is 2.89. The van der Waals surface area contributed by atoms with Crippen molar-refractivity contribution in [2.75, 3.05) is 5.32 Å². The number of hydrogen-bond acceptors (Lipinski definition) is 5. The Balaban J connectivity index is 1.31. The molecule has 2 amide bonds. The number of benzene rings is 2. The second kappa shape index (κ2) is 10.9. The van der Waals surface area contributed by atoms with E-state index in [-0.39, 0.29) is 17.9 Å². The van der Waals surface area contributed by atoms with Crippen molar-refractivity contribution >= 4 is 17.5 Å². The summed E-state index contributed by atoms with van der Waals surface area (Å²) >= 11 is 0. The van der Waals surface area contributed by atoms with Crippen LogP contribution in [0.15, 0.2) is 66.9 Å². The summed E-state index contributed by atoms with van der Waals surface area (Å²) in [5.74, 6) is 0.313. The molecule has 0 aliphatic heterocycles. The Morgan fingerprint density at radius 1 is 1.00 bits per heavy atom. The van der Waals surface area contributed by atoms with Gasteiger partial charge in [0.25, 0.3) is 0 Å². The van der Waals surface area contributed by atoms with Crippen LogP contribution < -0.4 is 16.4 Å². The predicted octanol–water partition coefficient (Wildman–Crippen LogP) is 5.14. The fraction of sp³-hybridized carbons (Fsp3) is 0.406. The molecular formula is C32H38N4O3. The molecule has 0 radical (unpaired) electrons. The van der Waals surface area contributed by atoms with Crippen LogP contribution in [0.25, 0.3) is 22.4 Å². The molecule has 5 N–H and O–H groups in total. The smallest absolute Gasteiger partial charge is 0.224 e. The normalized spacial score (nSPS) is 26.4. The molecule has 39 heavy (non-hydrogen) atoms. The summed E-state index contributed by atoms with van der Waals surface area (Å²) in [6.07, 6.45) is 6.95. The lowest BCUT2D eigenvalue weighted by Gasteiger charge is -2.49. The highest BCUT2D eigenvalue weighted by atomic mass is 16.3. The maximum Gasteiger partial charge on any atom is 0.224 e. The fourth-order valence-electron chi connectivity index (χ4n) is 6.35. The lowest BCUT2D eigenvalue weighted by Crippen LogP contribution is -2.58. The van der Waals surface area contributed by atoms with Crippen LogP contribution in [0.4, 0.5) is 5.69 Å². The molecule has 7 heteroatoms. The molecule has 7 nitrogen and oxygen atoms in total. The number of carbonyl (C=O) groups is 2. The molecule has 204 valence electrons. The Bertz CT molecular complexity index is 1320. The summed E-state index contributed by atoms with van der Waals surface area (Å²) in [5, 5.41) is 16.2. The number of hydrogen-bond donors (Lipinski definition) is 4. The van der Waals surface area contributed by atoms with Crippen molar-refractivity contribution in [3.05, 3.63) is 72.4 Å². The summed E-state index contributed by atoms with van der Waals surface area (Å²) < 4.78 is 0. The minimum absolute atomic E-state index is 0.00760. The van der Waals surface area contributed by atoms with E-state index in [2.05, 4.69) is 10.6 Å². The van der Waals surface area contributed by atoms with Crippen LogP contribution >= 0.6 is 0 Å². The molecule has 0 unspecified atom stereocenters. The van der Waals surface area contributed by atoms with Crippen LogP contribution in [-0.2, 0) is 15.1 Å². The SMILES string of the molecule is CC(=O)N[C@H]1CC[C@H](CC(=O)Nc2cnc(-c3ccc([C@]4(N)C[C@](C)(O)C4)cc3)c(-c3ccccc3)c2)CC1. The van der Waals surface area contributed by atoms with Crippen LogP contribution in [0, 0.1) is 5.92 Å². The first-order valence-corrected chi connectivity index (χ1v) is 13.8. The molecule has 0 atom stereocenters. The van der Waals surface area contributed by atoms with E-state index in [0.717, 1.165) is 53.6 Å². The fourth-order valence-corrected chi connectivity index (χ4v) is 6.35. The molecule has 0 saturated heterocycles. The number of amides is 2. The third-order valence-corrected chi connectivity index (χ3v) is 8.11. The molecule has 5 rings (SSSR count). The molecule has 2 saturated carbocycles. The number of anilines is 1. The highest BCUT2D eigenvalue weighted by Crippen LogP contribution is 2.46. The summed E-state index contributed by atoms with van der Waals surface area (Å²) in [6.45, 7) is 3.37. The second-order valence-corrected chi connectivity index (χ2v) is 11.7. The van der Waals surface area contributed by atoms with Gasteiger partial charge in [0.05, 0.1) is 23.2 Å². The summed E-state index contributed by atoms with van der Waals surface area (Å²) in [6, 6.07) is 20.4. The number of nitrogens with one attached hydrogen (secondary N) is 2. The predicted molar refractivity (Wildman–Crippen MR) is 154 cm³/mol. The van der Waals surface area contributed by atoms with Gasteiger partial charge in [-0.15, -0.1) is 0 Å².